The van der Waals surface area contributed by atoms with Gasteiger partial charge in [0.05, 0.1) is 6.61 Å². The van der Waals surface area contributed by atoms with Crippen LogP contribution in [0.5, 0.6) is 0 Å². The van der Waals surface area contributed by atoms with E-state index in [-0.39, 0.29) is 24.8 Å². The molecule has 7 heteroatoms. The van der Waals surface area contributed by atoms with Crippen LogP contribution in [0.25, 0.3) is 10.9 Å². The van der Waals surface area contributed by atoms with E-state index < -0.39 is 5.91 Å². The molecule has 0 aliphatic carbocycles. The van der Waals surface area contributed by atoms with Crippen molar-refractivity contribution in [3.8, 4) is 0 Å². The van der Waals surface area contributed by atoms with Crippen LogP contribution in [-0.4, -0.2) is 35.5 Å². The molecule has 1 aliphatic heterocycles. The van der Waals surface area contributed by atoms with Crippen LogP contribution in [0.4, 0.5) is 8.78 Å². The number of aromatic amines is 1. The van der Waals surface area contributed by atoms with E-state index in [0.717, 1.165) is 61.1 Å². The second kappa shape index (κ2) is 10.9. The summed E-state index contributed by atoms with van der Waals surface area (Å²) in [6.07, 6.45) is 5.00. The molecule has 33 heavy (non-hydrogen) atoms. The molecule has 1 aliphatic rings. The molecule has 1 unspecified atom stereocenters. The van der Waals surface area contributed by atoms with E-state index in [1.165, 1.54) is 18.6 Å². The number of aromatic nitrogens is 1. The van der Waals surface area contributed by atoms with E-state index in [0.29, 0.717) is 17.9 Å². The lowest BCUT2D eigenvalue weighted by molar-refractivity contribution is -0.122. The maximum Gasteiger partial charge on any atom is 0.243 e. The van der Waals surface area contributed by atoms with Crippen molar-refractivity contribution in [3.05, 3.63) is 70.9 Å². The Kier molecular flexibility index (Phi) is 7.73. The number of hydrogen-bond acceptors (Lipinski definition) is 3. The van der Waals surface area contributed by atoms with Crippen molar-refractivity contribution in [3.63, 3.8) is 0 Å². The second-order valence-corrected chi connectivity index (χ2v) is 9.05. The molecule has 4 rings (SSSR count). The zero-order valence-electron chi connectivity index (χ0n) is 18.8. The van der Waals surface area contributed by atoms with Crippen molar-refractivity contribution >= 4 is 16.8 Å². The predicted molar refractivity (Wildman–Crippen MR) is 124 cm³/mol. The Labute approximate surface area is 192 Å². The number of likely N-dealkylation sites (tertiary alicyclic amines) is 1. The van der Waals surface area contributed by atoms with Gasteiger partial charge in [-0.3, -0.25) is 9.69 Å². The number of aryl methyl sites for hydroxylation is 1. The molecule has 3 aromatic rings. The number of nitrogens with two attached hydrogens (primary N) is 1. The minimum absolute atomic E-state index is 0.135. The Morgan fingerprint density at radius 3 is 2.88 bits per heavy atom. The van der Waals surface area contributed by atoms with Gasteiger partial charge in [-0.25, -0.2) is 8.78 Å². The Morgan fingerprint density at radius 1 is 1.15 bits per heavy atom. The van der Waals surface area contributed by atoms with Gasteiger partial charge in [0.1, 0.15) is 18.2 Å². The first-order valence-electron chi connectivity index (χ1n) is 11.6. The Bertz CT molecular complexity index is 1100. The highest BCUT2D eigenvalue weighted by Gasteiger charge is 2.22. The lowest BCUT2D eigenvalue weighted by atomic mass is 9.98. The summed E-state index contributed by atoms with van der Waals surface area (Å²) in [6, 6.07) is 11.8. The number of rotatable bonds is 11. The van der Waals surface area contributed by atoms with Gasteiger partial charge in [-0.15, -0.1) is 0 Å². The molecule has 3 N–H and O–H groups in total. The van der Waals surface area contributed by atoms with E-state index in [2.05, 4.69) is 9.88 Å². The Hall–Kier alpha value is -2.77. The highest BCUT2D eigenvalue weighted by Crippen LogP contribution is 2.25. The number of nitrogens with zero attached hydrogens (tertiary/aromatic N) is 1. The minimum Gasteiger partial charge on any atom is -0.368 e. The van der Waals surface area contributed by atoms with Crippen molar-refractivity contribution in [2.24, 2.45) is 11.7 Å². The minimum atomic E-state index is -0.514. The zero-order chi connectivity index (χ0) is 23.2. The van der Waals surface area contributed by atoms with Crippen LogP contribution >= 0.6 is 0 Å². The van der Waals surface area contributed by atoms with E-state index in [1.54, 1.807) is 18.2 Å². The topological polar surface area (TPSA) is 71.4 Å². The molecule has 1 aromatic heterocycles. The van der Waals surface area contributed by atoms with Crippen LogP contribution in [0.3, 0.4) is 0 Å². The van der Waals surface area contributed by atoms with Gasteiger partial charge in [0, 0.05) is 29.7 Å². The number of benzene rings is 2. The highest BCUT2D eigenvalue weighted by atomic mass is 19.1. The summed E-state index contributed by atoms with van der Waals surface area (Å²) in [7, 11) is 0. The molecule has 0 radical (unpaired) electrons. The third-order valence-corrected chi connectivity index (χ3v) is 6.33. The van der Waals surface area contributed by atoms with Crippen LogP contribution < -0.4 is 5.73 Å². The van der Waals surface area contributed by atoms with E-state index in [1.807, 2.05) is 12.1 Å². The molecular formula is C26H31F2N3O2. The first-order chi connectivity index (χ1) is 16.0. The molecule has 1 fully saturated rings. The van der Waals surface area contributed by atoms with Crippen molar-refractivity contribution < 1.29 is 18.3 Å². The summed E-state index contributed by atoms with van der Waals surface area (Å²) >= 11 is 0. The van der Waals surface area contributed by atoms with Crippen LogP contribution in [0.1, 0.15) is 42.5 Å². The van der Waals surface area contributed by atoms with E-state index >= 15 is 0 Å². The molecule has 176 valence electrons. The molecule has 1 amide bonds. The normalized spacial score (nSPS) is 16.6. The van der Waals surface area contributed by atoms with Crippen LogP contribution in [0.2, 0.25) is 0 Å². The maximum absolute atomic E-state index is 14.2. The third-order valence-electron chi connectivity index (χ3n) is 6.33. The molecule has 1 atom stereocenters. The standard InChI is InChI=1S/C26H31F2N3O2/c27-22-6-8-25-21(12-22)13-23(30-25)15-31-10-9-18(14-31)3-1-2-4-20-11-19(5-7-24(20)28)16-33-17-26(29)32/h5-8,11-13,18,30H,1-4,9-10,14-17H2,(H2,29,32). The fraction of sp³-hybridized carbons (Fsp3) is 0.423. The van der Waals surface area contributed by atoms with Gasteiger partial charge in [0.25, 0.3) is 0 Å². The lowest BCUT2D eigenvalue weighted by Gasteiger charge is -2.15. The zero-order valence-corrected chi connectivity index (χ0v) is 18.8. The molecule has 5 nitrogen and oxygen atoms in total. The van der Waals surface area contributed by atoms with Crippen LogP contribution in [0, 0.1) is 17.6 Å². The number of primary amides is 1. The van der Waals surface area contributed by atoms with Crippen LogP contribution in [-0.2, 0) is 29.1 Å². The second-order valence-electron chi connectivity index (χ2n) is 9.05. The van der Waals surface area contributed by atoms with Gasteiger partial charge < -0.3 is 15.5 Å². The van der Waals surface area contributed by atoms with Crippen molar-refractivity contribution in [2.45, 2.75) is 45.3 Å². The Balaban J connectivity index is 1.19. The summed E-state index contributed by atoms with van der Waals surface area (Å²) < 4.78 is 32.8. The average Bonchev–Trinajstić information content (AvgIpc) is 3.38. The number of fused-ring (bicyclic) bond motifs is 1. The average molecular weight is 456 g/mol. The highest BCUT2D eigenvalue weighted by molar-refractivity contribution is 5.80. The van der Waals surface area contributed by atoms with E-state index in [9.17, 15) is 13.6 Å². The van der Waals surface area contributed by atoms with Crippen molar-refractivity contribution in [1.29, 1.82) is 0 Å². The molecule has 2 aromatic carbocycles. The predicted octanol–water partition coefficient (Wildman–Crippen LogP) is 4.68. The summed E-state index contributed by atoms with van der Waals surface area (Å²) in [5.41, 5.74) is 8.70. The SMILES string of the molecule is NC(=O)COCc1ccc(F)c(CCCCC2CCN(Cc3cc4cc(F)ccc4[nH]3)C2)c1. The molecule has 0 spiro atoms. The van der Waals surface area contributed by atoms with Crippen LogP contribution in [0.15, 0.2) is 42.5 Å². The summed E-state index contributed by atoms with van der Waals surface area (Å²) in [5.74, 6) is -0.263. The molecule has 0 bridgehead atoms. The number of H-pyrrole nitrogens is 1. The number of ether oxygens (including phenoxy) is 1. The Morgan fingerprint density at radius 2 is 2.03 bits per heavy atom. The number of unbranched alkanes of at least 4 members (excludes halogenated alkanes) is 1. The summed E-state index contributed by atoms with van der Waals surface area (Å²) in [4.78, 5) is 16.6. The van der Waals surface area contributed by atoms with Crippen molar-refractivity contribution in [1.82, 2.24) is 9.88 Å². The van der Waals surface area contributed by atoms with Gasteiger partial charge in [-0.2, -0.15) is 0 Å². The summed E-state index contributed by atoms with van der Waals surface area (Å²) in [5, 5.41) is 0.913. The fourth-order valence-corrected chi connectivity index (χ4v) is 4.71. The third kappa shape index (κ3) is 6.62. The van der Waals surface area contributed by atoms with Gasteiger partial charge in [0.2, 0.25) is 5.91 Å². The number of amides is 1. The van der Waals surface area contributed by atoms with Gasteiger partial charge in [-0.1, -0.05) is 18.6 Å². The van der Waals surface area contributed by atoms with Gasteiger partial charge >= 0.3 is 0 Å². The summed E-state index contributed by atoms with van der Waals surface area (Å²) in [6.45, 7) is 3.09. The van der Waals surface area contributed by atoms with Crippen molar-refractivity contribution in [2.75, 3.05) is 19.7 Å². The number of carbonyl (C=O) groups is 1. The smallest absolute Gasteiger partial charge is 0.243 e. The van der Waals surface area contributed by atoms with E-state index in [4.69, 9.17) is 10.5 Å². The first kappa shape index (κ1) is 23.4. The molecule has 2 heterocycles. The number of hydrogen-bond donors (Lipinski definition) is 2. The van der Waals surface area contributed by atoms with Gasteiger partial charge in [0.15, 0.2) is 0 Å². The molecular weight excluding hydrogens is 424 g/mol. The molecule has 0 saturated carbocycles. The first-order valence-corrected chi connectivity index (χ1v) is 11.6. The maximum atomic E-state index is 14.2. The number of carbonyl (C=O) groups excluding carboxylic acids is 1. The monoisotopic (exact) mass is 455 g/mol. The quantitative estimate of drug-likeness (QED) is 0.412. The molecule has 1 saturated heterocycles. The number of halogens is 2. The largest absolute Gasteiger partial charge is 0.368 e. The fourth-order valence-electron chi connectivity index (χ4n) is 4.71. The lowest BCUT2D eigenvalue weighted by Crippen LogP contribution is -2.20. The van der Waals surface area contributed by atoms with Gasteiger partial charge in [-0.05, 0) is 79.6 Å². The number of nitrogens with one attached hydrogen (secondary N) is 1.